The Hall–Kier alpha value is -1.77. The first kappa shape index (κ1) is 15.3. The highest BCUT2D eigenvalue weighted by Crippen LogP contribution is 2.15. The van der Waals surface area contributed by atoms with Gasteiger partial charge in [-0.3, -0.25) is 19.7 Å². The van der Waals surface area contributed by atoms with E-state index in [1.165, 1.54) is 25.1 Å². The molecule has 19 heavy (non-hydrogen) atoms. The number of carbonyl (C=O) groups excluding carboxylic acids is 2. The Bertz CT molecular complexity index is 568. The van der Waals surface area contributed by atoms with E-state index in [9.17, 15) is 18.0 Å². The highest BCUT2D eigenvalue weighted by atomic mass is 32.2. The number of hydrogen-bond acceptors (Lipinski definition) is 6. The van der Waals surface area contributed by atoms with Gasteiger partial charge in [-0.05, 0) is 25.1 Å². The van der Waals surface area contributed by atoms with Gasteiger partial charge in [0, 0.05) is 0 Å². The van der Waals surface area contributed by atoms with Crippen molar-refractivity contribution in [3.63, 3.8) is 0 Å². The summed E-state index contributed by atoms with van der Waals surface area (Å²) in [6.45, 7) is 1.09. The van der Waals surface area contributed by atoms with Crippen LogP contribution in [-0.4, -0.2) is 31.6 Å². The van der Waals surface area contributed by atoms with Gasteiger partial charge < -0.3 is 4.79 Å². The molecule has 1 aromatic rings. The first-order valence-corrected chi connectivity index (χ1v) is 6.69. The van der Waals surface area contributed by atoms with E-state index < -0.39 is 16.0 Å². The predicted molar refractivity (Wildman–Crippen MR) is 66.1 cm³/mol. The van der Waals surface area contributed by atoms with Crippen molar-refractivity contribution in [1.29, 1.82) is 0 Å². The Morgan fingerprint density at radius 2 is 2.21 bits per heavy atom. The van der Waals surface area contributed by atoms with Crippen LogP contribution in [-0.2, 0) is 24.5 Å². The molecule has 0 aliphatic heterocycles. The van der Waals surface area contributed by atoms with Gasteiger partial charge in [-0.15, -0.1) is 0 Å². The first-order valence-electron chi connectivity index (χ1n) is 5.25. The number of benzene rings is 1. The largest absolute Gasteiger partial charge is 0.302 e. The van der Waals surface area contributed by atoms with E-state index in [4.69, 9.17) is 9.39 Å². The van der Waals surface area contributed by atoms with E-state index in [1.807, 2.05) is 0 Å². The molecular formula is C11H13NO6S. The Balaban J connectivity index is 2.64. The summed E-state index contributed by atoms with van der Waals surface area (Å²) in [6, 6.07) is 5.26. The van der Waals surface area contributed by atoms with E-state index in [0.29, 0.717) is 6.29 Å². The molecule has 0 saturated heterocycles. The van der Waals surface area contributed by atoms with Crippen LogP contribution in [0.4, 0.5) is 5.69 Å². The predicted octanol–water partition coefficient (Wildman–Crippen LogP) is 0.681. The summed E-state index contributed by atoms with van der Waals surface area (Å²) in [5.41, 5.74) is 2.66. The topological polar surface area (TPSA) is 110 Å². The monoisotopic (exact) mass is 287 g/mol. The molecule has 0 saturated carbocycles. The number of anilines is 1. The quantitative estimate of drug-likeness (QED) is 0.328. The summed E-state index contributed by atoms with van der Waals surface area (Å²) in [5.74, 6) is -1.21. The molecule has 0 aliphatic carbocycles. The van der Waals surface area contributed by atoms with Crippen LogP contribution in [0.15, 0.2) is 29.2 Å². The fourth-order valence-corrected chi connectivity index (χ4v) is 1.71. The van der Waals surface area contributed by atoms with E-state index in [-0.39, 0.29) is 23.0 Å². The Labute approximate surface area is 110 Å². The maximum Gasteiger partial charge on any atom is 0.294 e. The Kier molecular flexibility index (Phi) is 5.16. The van der Waals surface area contributed by atoms with Gasteiger partial charge in [0.25, 0.3) is 10.1 Å². The molecule has 0 fully saturated rings. The van der Waals surface area contributed by atoms with Crippen LogP contribution in [0.2, 0.25) is 0 Å². The van der Waals surface area contributed by atoms with Crippen molar-refractivity contribution in [2.24, 2.45) is 5.92 Å². The number of nitrogens with one attached hydrogen (secondary N) is 1. The molecule has 0 aliphatic rings. The second-order valence-electron chi connectivity index (χ2n) is 3.77. The third-order valence-electron chi connectivity index (χ3n) is 2.27. The van der Waals surface area contributed by atoms with Gasteiger partial charge >= 0.3 is 0 Å². The molecule has 0 bridgehead atoms. The number of aldehydes is 1. The van der Waals surface area contributed by atoms with Gasteiger partial charge in [0.1, 0.15) is 12.1 Å². The van der Waals surface area contributed by atoms with Crippen LogP contribution in [0.25, 0.3) is 0 Å². The van der Waals surface area contributed by atoms with Crippen LogP contribution in [0, 0.1) is 5.92 Å². The SMILES string of the molecule is CC(=O)C(C=O)CONc1cccc(S(=O)(=O)O)c1. The number of rotatable bonds is 7. The highest BCUT2D eigenvalue weighted by molar-refractivity contribution is 7.85. The van der Waals surface area contributed by atoms with Gasteiger partial charge in [-0.25, -0.2) is 0 Å². The second-order valence-corrected chi connectivity index (χ2v) is 5.19. The zero-order valence-corrected chi connectivity index (χ0v) is 10.9. The van der Waals surface area contributed by atoms with Crippen molar-refractivity contribution < 1.29 is 27.4 Å². The molecule has 0 aromatic heterocycles. The Morgan fingerprint density at radius 3 is 2.74 bits per heavy atom. The maximum atomic E-state index is 11.0. The van der Waals surface area contributed by atoms with Crippen LogP contribution in [0.5, 0.6) is 0 Å². The average molecular weight is 287 g/mol. The van der Waals surface area contributed by atoms with Gasteiger partial charge in [-0.1, -0.05) is 6.07 Å². The molecule has 7 nitrogen and oxygen atoms in total. The third kappa shape index (κ3) is 4.78. The van der Waals surface area contributed by atoms with Crippen molar-refractivity contribution in [1.82, 2.24) is 0 Å². The maximum absolute atomic E-state index is 11.0. The number of Topliss-reactive ketones (excluding diaryl/α,β-unsaturated/α-hetero) is 1. The zero-order valence-electron chi connectivity index (χ0n) is 10.1. The standard InChI is InChI=1S/C11H13NO6S/c1-8(14)9(6-13)7-18-12-10-3-2-4-11(5-10)19(15,16)17/h2-6,9,12H,7H2,1H3,(H,15,16,17). The fourth-order valence-electron chi connectivity index (χ4n) is 1.19. The average Bonchev–Trinajstić information content (AvgIpc) is 2.33. The third-order valence-corrected chi connectivity index (χ3v) is 3.12. The fraction of sp³-hybridized carbons (Fsp3) is 0.273. The summed E-state index contributed by atoms with van der Waals surface area (Å²) in [4.78, 5) is 26.1. The molecule has 1 rings (SSSR count). The van der Waals surface area contributed by atoms with Gasteiger partial charge in [0.2, 0.25) is 0 Å². The second kappa shape index (κ2) is 6.41. The molecule has 2 N–H and O–H groups in total. The summed E-state index contributed by atoms with van der Waals surface area (Å²) in [5, 5.41) is 0. The molecule has 8 heteroatoms. The van der Waals surface area contributed by atoms with Crippen molar-refractivity contribution in [3.05, 3.63) is 24.3 Å². The molecule has 1 unspecified atom stereocenters. The van der Waals surface area contributed by atoms with Gasteiger partial charge in [0.15, 0.2) is 0 Å². The lowest BCUT2D eigenvalue weighted by Gasteiger charge is -2.10. The number of carbonyl (C=O) groups is 2. The summed E-state index contributed by atoms with van der Waals surface area (Å²) < 4.78 is 30.6. The van der Waals surface area contributed by atoms with Crippen LogP contribution >= 0.6 is 0 Å². The normalized spacial score (nSPS) is 12.7. The molecule has 104 valence electrons. The van der Waals surface area contributed by atoms with E-state index in [1.54, 1.807) is 0 Å². The molecule has 0 amide bonds. The van der Waals surface area contributed by atoms with Gasteiger partial charge in [-0.2, -0.15) is 8.42 Å². The van der Waals surface area contributed by atoms with E-state index in [0.717, 1.165) is 6.07 Å². The van der Waals surface area contributed by atoms with Crippen molar-refractivity contribution in [3.8, 4) is 0 Å². The van der Waals surface area contributed by atoms with Crippen LogP contribution in [0.3, 0.4) is 0 Å². The molecule has 0 radical (unpaired) electrons. The van der Waals surface area contributed by atoms with Crippen molar-refractivity contribution >= 4 is 27.9 Å². The molecular weight excluding hydrogens is 274 g/mol. The zero-order chi connectivity index (χ0) is 14.5. The highest BCUT2D eigenvalue weighted by Gasteiger charge is 2.13. The lowest BCUT2D eigenvalue weighted by atomic mass is 10.1. The number of ketones is 1. The first-order chi connectivity index (χ1) is 8.84. The van der Waals surface area contributed by atoms with Crippen molar-refractivity contribution in [2.45, 2.75) is 11.8 Å². The van der Waals surface area contributed by atoms with Crippen LogP contribution in [0.1, 0.15) is 6.92 Å². The van der Waals surface area contributed by atoms with E-state index >= 15 is 0 Å². The summed E-state index contributed by atoms with van der Waals surface area (Å²) >= 11 is 0. The summed E-state index contributed by atoms with van der Waals surface area (Å²) in [7, 11) is -4.29. The van der Waals surface area contributed by atoms with Crippen LogP contribution < -0.4 is 5.48 Å². The lowest BCUT2D eigenvalue weighted by Crippen LogP contribution is -2.20. The van der Waals surface area contributed by atoms with Gasteiger partial charge in [0.05, 0.1) is 23.1 Å². The minimum atomic E-state index is -4.29. The van der Waals surface area contributed by atoms with Crippen molar-refractivity contribution in [2.75, 3.05) is 12.1 Å². The molecule has 1 atom stereocenters. The molecule has 0 spiro atoms. The molecule has 0 heterocycles. The number of hydrogen-bond donors (Lipinski definition) is 2. The minimum Gasteiger partial charge on any atom is -0.302 e. The summed E-state index contributed by atoms with van der Waals surface area (Å²) in [6.07, 6.45) is 0.471. The smallest absolute Gasteiger partial charge is 0.294 e. The Morgan fingerprint density at radius 1 is 1.53 bits per heavy atom. The molecule has 1 aromatic carbocycles. The minimum absolute atomic E-state index is 0.172. The van der Waals surface area contributed by atoms with E-state index in [2.05, 4.69) is 5.48 Å². The lowest BCUT2D eigenvalue weighted by molar-refractivity contribution is -0.127.